The lowest BCUT2D eigenvalue weighted by atomic mass is 9.81. The van der Waals surface area contributed by atoms with Crippen molar-refractivity contribution in [1.29, 1.82) is 0 Å². The molecular weight excluding hydrogens is 194 g/mol. The van der Waals surface area contributed by atoms with Gasteiger partial charge in [0.1, 0.15) is 0 Å². The van der Waals surface area contributed by atoms with Gasteiger partial charge in [0.05, 0.1) is 18.3 Å². The quantitative estimate of drug-likeness (QED) is 0.692. The SMILES string of the molecule is CCOC1CC(NC2CC(O)C2)C1OC. The first kappa shape index (κ1) is 11.3. The van der Waals surface area contributed by atoms with E-state index in [1.165, 1.54) is 0 Å². The second-order valence-electron chi connectivity index (χ2n) is 4.53. The summed E-state index contributed by atoms with van der Waals surface area (Å²) in [7, 11) is 1.74. The molecule has 0 amide bonds. The molecule has 2 N–H and O–H groups in total. The second kappa shape index (κ2) is 4.78. The molecule has 0 aliphatic heterocycles. The molecule has 4 nitrogen and oxygen atoms in total. The van der Waals surface area contributed by atoms with Gasteiger partial charge in [0.15, 0.2) is 0 Å². The Hall–Kier alpha value is -0.160. The van der Waals surface area contributed by atoms with Crippen LogP contribution in [0.4, 0.5) is 0 Å². The highest BCUT2D eigenvalue weighted by molar-refractivity contribution is 5.00. The van der Waals surface area contributed by atoms with Crippen LogP contribution in [0.15, 0.2) is 0 Å². The van der Waals surface area contributed by atoms with Crippen LogP contribution in [-0.2, 0) is 9.47 Å². The average molecular weight is 215 g/mol. The van der Waals surface area contributed by atoms with E-state index in [1.807, 2.05) is 6.92 Å². The molecule has 0 saturated heterocycles. The molecule has 3 atom stereocenters. The molecule has 2 rings (SSSR count). The number of nitrogens with one attached hydrogen (secondary N) is 1. The van der Waals surface area contributed by atoms with Gasteiger partial charge in [0.25, 0.3) is 0 Å². The van der Waals surface area contributed by atoms with Crippen molar-refractivity contribution in [1.82, 2.24) is 5.32 Å². The normalized spacial score (nSPS) is 44.6. The summed E-state index contributed by atoms with van der Waals surface area (Å²) in [5.41, 5.74) is 0. The summed E-state index contributed by atoms with van der Waals surface area (Å²) >= 11 is 0. The van der Waals surface area contributed by atoms with Crippen LogP contribution in [0.25, 0.3) is 0 Å². The van der Waals surface area contributed by atoms with Crippen molar-refractivity contribution < 1.29 is 14.6 Å². The van der Waals surface area contributed by atoms with Gasteiger partial charge in [0.2, 0.25) is 0 Å². The molecule has 88 valence electrons. The van der Waals surface area contributed by atoms with Gasteiger partial charge >= 0.3 is 0 Å². The molecule has 0 aromatic heterocycles. The molecule has 2 aliphatic carbocycles. The average Bonchev–Trinajstić information content (AvgIpc) is 2.13. The predicted molar refractivity (Wildman–Crippen MR) is 56.8 cm³/mol. The van der Waals surface area contributed by atoms with E-state index in [0.29, 0.717) is 12.1 Å². The van der Waals surface area contributed by atoms with Crippen LogP contribution in [0.2, 0.25) is 0 Å². The van der Waals surface area contributed by atoms with Crippen molar-refractivity contribution in [2.75, 3.05) is 13.7 Å². The predicted octanol–water partition coefficient (Wildman–Crippen LogP) is 0.292. The number of aliphatic hydroxyl groups excluding tert-OH is 1. The highest BCUT2D eigenvalue weighted by atomic mass is 16.5. The number of ether oxygens (including phenoxy) is 2. The summed E-state index contributed by atoms with van der Waals surface area (Å²) < 4.78 is 11.0. The molecule has 0 bridgehead atoms. The Bertz CT molecular complexity index is 206. The lowest BCUT2D eigenvalue weighted by molar-refractivity contribution is -0.136. The zero-order valence-corrected chi connectivity index (χ0v) is 9.48. The largest absolute Gasteiger partial charge is 0.393 e. The van der Waals surface area contributed by atoms with Gasteiger partial charge in [-0.15, -0.1) is 0 Å². The molecule has 0 spiro atoms. The van der Waals surface area contributed by atoms with E-state index >= 15 is 0 Å². The van der Waals surface area contributed by atoms with Gasteiger partial charge in [-0.25, -0.2) is 0 Å². The van der Waals surface area contributed by atoms with Gasteiger partial charge in [-0.05, 0) is 26.2 Å². The number of aliphatic hydroxyl groups is 1. The fraction of sp³-hybridized carbons (Fsp3) is 1.00. The molecule has 15 heavy (non-hydrogen) atoms. The molecule has 4 heteroatoms. The van der Waals surface area contributed by atoms with Crippen LogP contribution in [0, 0.1) is 0 Å². The third kappa shape index (κ3) is 2.33. The zero-order valence-electron chi connectivity index (χ0n) is 9.48. The van der Waals surface area contributed by atoms with Crippen LogP contribution < -0.4 is 5.32 Å². The van der Waals surface area contributed by atoms with E-state index in [9.17, 15) is 5.11 Å². The molecule has 2 aliphatic rings. The second-order valence-corrected chi connectivity index (χ2v) is 4.53. The van der Waals surface area contributed by atoms with E-state index in [0.717, 1.165) is 25.9 Å². The Kier molecular flexibility index (Phi) is 3.61. The molecule has 0 heterocycles. The molecule has 0 aromatic carbocycles. The standard InChI is InChI=1S/C11H21NO3/c1-3-15-10-6-9(11(10)14-2)12-7-4-8(13)5-7/h7-13H,3-6H2,1-2H3. The third-order valence-electron chi connectivity index (χ3n) is 3.47. The number of rotatable bonds is 5. The molecule has 2 fully saturated rings. The van der Waals surface area contributed by atoms with Crippen LogP contribution >= 0.6 is 0 Å². The highest BCUT2D eigenvalue weighted by Gasteiger charge is 2.44. The molecule has 0 aromatic rings. The summed E-state index contributed by atoms with van der Waals surface area (Å²) in [4.78, 5) is 0. The van der Waals surface area contributed by atoms with Gasteiger partial charge in [-0.2, -0.15) is 0 Å². The smallest absolute Gasteiger partial charge is 0.0986 e. The molecular formula is C11H21NO3. The van der Waals surface area contributed by atoms with Crippen LogP contribution in [0.1, 0.15) is 26.2 Å². The Balaban J connectivity index is 1.71. The van der Waals surface area contributed by atoms with Crippen molar-refractivity contribution in [3.05, 3.63) is 0 Å². The fourth-order valence-corrected chi connectivity index (χ4v) is 2.46. The monoisotopic (exact) mass is 215 g/mol. The summed E-state index contributed by atoms with van der Waals surface area (Å²) in [6.07, 6.45) is 3.13. The van der Waals surface area contributed by atoms with Gasteiger partial charge < -0.3 is 19.9 Å². The maximum atomic E-state index is 9.19. The number of hydrogen-bond acceptors (Lipinski definition) is 4. The van der Waals surface area contributed by atoms with E-state index in [2.05, 4.69) is 5.32 Å². The van der Waals surface area contributed by atoms with E-state index < -0.39 is 0 Å². The zero-order chi connectivity index (χ0) is 10.8. The first-order chi connectivity index (χ1) is 7.24. The van der Waals surface area contributed by atoms with Gasteiger partial charge in [-0.1, -0.05) is 0 Å². The van der Waals surface area contributed by atoms with Crippen LogP contribution in [-0.4, -0.2) is 49.2 Å². The minimum atomic E-state index is -0.0914. The van der Waals surface area contributed by atoms with E-state index in [4.69, 9.17) is 9.47 Å². The molecule has 3 unspecified atom stereocenters. The molecule has 0 radical (unpaired) electrons. The van der Waals surface area contributed by atoms with Crippen LogP contribution in [0.3, 0.4) is 0 Å². The Morgan fingerprint density at radius 2 is 2.07 bits per heavy atom. The van der Waals surface area contributed by atoms with Crippen molar-refractivity contribution in [3.63, 3.8) is 0 Å². The summed E-state index contributed by atoms with van der Waals surface area (Å²) in [6, 6.07) is 0.884. The molecule has 2 saturated carbocycles. The van der Waals surface area contributed by atoms with Gasteiger partial charge in [-0.3, -0.25) is 0 Å². The van der Waals surface area contributed by atoms with E-state index in [1.54, 1.807) is 7.11 Å². The maximum absolute atomic E-state index is 9.19. The lowest BCUT2D eigenvalue weighted by Gasteiger charge is -2.47. The fourth-order valence-electron chi connectivity index (χ4n) is 2.46. The van der Waals surface area contributed by atoms with Crippen LogP contribution in [0.5, 0.6) is 0 Å². The van der Waals surface area contributed by atoms with Crippen molar-refractivity contribution in [2.24, 2.45) is 0 Å². The van der Waals surface area contributed by atoms with E-state index in [-0.39, 0.29) is 18.3 Å². The van der Waals surface area contributed by atoms with Crippen molar-refractivity contribution in [3.8, 4) is 0 Å². The minimum Gasteiger partial charge on any atom is -0.393 e. The lowest BCUT2D eigenvalue weighted by Crippen LogP contribution is -2.63. The Morgan fingerprint density at radius 1 is 1.33 bits per heavy atom. The van der Waals surface area contributed by atoms with Crippen molar-refractivity contribution >= 4 is 0 Å². The van der Waals surface area contributed by atoms with Crippen molar-refractivity contribution in [2.45, 2.75) is 56.6 Å². The Morgan fingerprint density at radius 3 is 2.60 bits per heavy atom. The maximum Gasteiger partial charge on any atom is 0.0986 e. The number of hydrogen-bond donors (Lipinski definition) is 2. The first-order valence-corrected chi connectivity index (χ1v) is 5.83. The minimum absolute atomic E-state index is 0.0914. The topological polar surface area (TPSA) is 50.7 Å². The number of methoxy groups -OCH3 is 1. The first-order valence-electron chi connectivity index (χ1n) is 5.83. The summed E-state index contributed by atoms with van der Waals surface area (Å²) in [5.74, 6) is 0. The Labute approximate surface area is 90.9 Å². The summed E-state index contributed by atoms with van der Waals surface area (Å²) in [5, 5.41) is 12.7. The highest BCUT2D eigenvalue weighted by Crippen LogP contribution is 2.30. The van der Waals surface area contributed by atoms with Gasteiger partial charge in [0, 0.05) is 25.8 Å². The summed E-state index contributed by atoms with van der Waals surface area (Å²) in [6.45, 7) is 2.76. The third-order valence-corrected chi connectivity index (χ3v) is 3.47.